The van der Waals surface area contributed by atoms with Gasteiger partial charge >= 0.3 is 12.1 Å². The van der Waals surface area contributed by atoms with Gasteiger partial charge in [0.2, 0.25) is 0 Å². The second-order valence-electron chi connectivity index (χ2n) is 11.1. The molecule has 3 aliphatic heterocycles. The monoisotopic (exact) mass is 509 g/mol. The molecule has 1 aromatic carbocycles. The minimum atomic E-state index is -2.92. The van der Waals surface area contributed by atoms with Crippen LogP contribution in [0.25, 0.3) is 0 Å². The van der Waals surface area contributed by atoms with Gasteiger partial charge in [0.15, 0.2) is 5.79 Å². The van der Waals surface area contributed by atoms with E-state index in [9.17, 15) is 18.4 Å². The first kappa shape index (κ1) is 26.6. The number of benzene rings is 1. The van der Waals surface area contributed by atoms with Gasteiger partial charge < -0.3 is 29.3 Å². The number of nitrogens with one attached hydrogen (secondary N) is 1. The summed E-state index contributed by atoms with van der Waals surface area (Å²) in [6.07, 6.45) is 1.25. The molecule has 3 aliphatic rings. The third kappa shape index (κ3) is 6.45. The molecular formula is C26H37F2N3O5. The van der Waals surface area contributed by atoms with Gasteiger partial charge in [0.05, 0.1) is 19.3 Å². The van der Waals surface area contributed by atoms with Crippen LogP contribution in [0, 0.1) is 0 Å². The number of amides is 3. The molecule has 200 valence electrons. The molecule has 3 amide bonds. The van der Waals surface area contributed by atoms with E-state index in [1.807, 2.05) is 0 Å². The minimum absolute atomic E-state index is 0.0583. The van der Waals surface area contributed by atoms with Crippen molar-refractivity contribution in [2.45, 2.75) is 76.2 Å². The van der Waals surface area contributed by atoms with Crippen molar-refractivity contribution in [3.05, 3.63) is 35.4 Å². The highest BCUT2D eigenvalue weighted by Crippen LogP contribution is 2.34. The SMILES string of the molecule is CC(C)(C)OC(=O)NC1CC(c2ccc(C(C)(F)F)cc2)CN(C(=O)N2CCC3(CC2)OCCO3)C1. The van der Waals surface area contributed by atoms with Crippen LogP contribution in [0.5, 0.6) is 0 Å². The Morgan fingerprint density at radius 3 is 2.17 bits per heavy atom. The number of alkyl halides is 2. The van der Waals surface area contributed by atoms with E-state index in [2.05, 4.69) is 5.32 Å². The van der Waals surface area contributed by atoms with Gasteiger partial charge in [-0.3, -0.25) is 0 Å². The Bertz CT molecular complexity index is 928. The number of ether oxygens (including phenoxy) is 3. The van der Waals surface area contributed by atoms with E-state index in [-0.39, 0.29) is 23.6 Å². The van der Waals surface area contributed by atoms with Crippen LogP contribution in [0.3, 0.4) is 0 Å². The third-order valence-corrected chi connectivity index (χ3v) is 6.94. The summed E-state index contributed by atoms with van der Waals surface area (Å²) in [4.78, 5) is 29.5. The first-order chi connectivity index (χ1) is 16.8. The van der Waals surface area contributed by atoms with E-state index in [0.29, 0.717) is 58.7 Å². The van der Waals surface area contributed by atoms with E-state index in [1.54, 1.807) is 42.7 Å². The quantitative estimate of drug-likeness (QED) is 0.652. The molecule has 3 fully saturated rings. The Morgan fingerprint density at radius 2 is 1.61 bits per heavy atom. The van der Waals surface area contributed by atoms with Gasteiger partial charge in [0.25, 0.3) is 5.92 Å². The van der Waals surface area contributed by atoms with Crippen molar-refractivity contribution >= 4 is 12.1 Å². The van der Waals surface area contributed by atoms with Gasteiger partial charge in [-0.25, -0.2) is 18.4 Å². The Hall–Kier alpha value is -2.46. The fourth-order valence-electron chi connectivity index (χ4n) is 5.15. The molecule has 1 spiro atoms. The highest BCUT2D eigenvalue weighted by atomic mass is 19.3. The van der Waals surface area contributed by atoms with E-state index in [1.165, 1.54) is 12.1 Å². The van der Waals surface area contributed by atoms with Crippen molar-refractivity contribution in [3.8, 4) is 0 Å². The number of carbonyl (C=O) groups is 2. The molecule has 3 saturated heterocycles. The van der Waals surface area contributed by atoms with Crippen LogP contribution in [0.4, 0.5) is 18.4 Å². The van der Waals surface area contributed by atoms with Gasteiger partial charge in [-0.15, -0.1) is 0 Å². The molecule has 0 saturated carbocycles. The first-order valence-corrected chi connectivity index (χ1v) is 12.6. The third-order valence-electron chi connectivity index (χ3n) is 6.94. The van der Waals surface area contributed by atoms with Crippen LogP contribution in [-0.4, -0.2) is 78.7 Å². The van der Waals surface area contributed by atoms with Crippen LogP contribution in [0.1, 0.15) is 64.0 Å². The summed E-state index contributed by atoms with van der Waals surface area (Å²) in [5.41, 5.74) is 0.141. The summed E-state index contributed by atoms with van der Waals surface area (Å²) in [7, 11) is 0. The van der Waals surface area contributed by atoms with Crippen molar-refractivity contribution in [1.82, 2.24) is 15.1 Å². The summed E-state index contributed by atoms with van der Waals surface area (Å²) in [6, 6.07) is 5.79. The molecule has 8 nitrogen and oxygen atoms in total. The topological polar surface area (TPSA) is 80.3 Å². The van der Waals surface area contributed by atoms with Crippen LogP contribution in [-0.2, 0) is 20.1 Å². The summed E-state index contributed by atoms with van der Waals surface area (Å²) in [5.74, 6) is -3.63. The maximum Gasteiger partial charge on any atom is 0.407 e. The largest absolute Gasteiger partial charge is 0.444 e. The second kappa shape index (κ2) is 10.1. The average molecular weight is 510 g/mol. The zero-order chi connectivity index (χ0) is 26.1. The summed E-state index contributed by atoms with van der Waals surface area (Å²) in [5, 5.41) is 2.90. The molecule has 0 bridgehead atoms. The number of halogens is 2. The van der Waals surface area contributed by atoms with Crippen molar-refractivity contribution < 1.29 is 32.6 Å². The van der Waals surface area contributed by atoms with Gasteiger partial charge in [0.1, 0.15) is 5.60 Å². The molecular weight excluding hydrogens is 472 g/mol. The Balaban J connectivity index is 1.48. The van der Waals surface area contributed by atoms with E-state index < -0.39 is 23.4 Å². The maximum absolute atomic E-state index is 13.7. The van der Waals surface area contributed by atoms with Crippen molar-refractivity contribution in [1.29, 1.82) is 0 Å². The molecule has 0 aromatic heterocycles. The summed E-state index contributed by atoms with van der Waals surface area (Å²) >= 11 is 0. The van der Waals surface area contributed by atoms with Gasteiger partial charge in [-0.2, -0.15) is 0 Å². The number of nitrogens with zero attached hydrogens (tertiary/aromatic N) is 2. The number of rotatable bonds is 3. The zero-order valence-electron chi connectivity index (χ0n) is 21.5. The smallest absolute Gasteiger partial charge is 0.407 e. The lowest BCUT2D eigenvalue weighted by Crippen LogP contribution is -2.57. The molecule has 1 aromatic rings. The van der Waals surface area contributed by atoms with Crippen LogP contribution in [0.2, 0.25) is 0 Å². The lowest BCUT2D eigenvalue weighted by Gasteiger charge is -2.43. The standard InChI is InChI=1S/C26H37F2N3O5/c1-24(2,3)36-22(32)29-21-15-19(18-5-7-20(8-6-18)25(4,27)28)16-31(17-21)23(33)30-11-9-26(10-12-30)34-13-14-35-26/h5-8,19,21H,9-17H2,1-4H3,(H,29,32). The number of piperidine rings is 2. The van der Waals surface area contributed by atoms with Crippen LogP contribution in [0.15, 0.2) is 24.3 Å². The number of hydrogen-bond donors (Lipinski definition) is 1. The minimum Gasteiger partial charge on any atom is -0.444 e. The number of carbonyl (C=O) groups excluding carboxylic acids is 2. The van der Waals surface area contributed by atoms with Crippen molar-refractivity contribution in [3.63, 3.8) is 0 Å². The lowest BCUT2D eigenvalue weighted by molar-refractivity contribution is -0.182. The van der Waals surface area contributed by atoms with E-state index in [4.69, 9.17) is 14.2 Å². The molecule has 2 atom stereocenters. The fraction of sp³-hybridized carbons (Fsp3) is 0.692. The molecule has 10 heteroatoms. The number of hydrogen-bond acceptors (Lipinski definition) is 5. The Morgan fingerprint density at radius 1 is 1.00 bits per heavy atom. The normalized spacial score (nSPS) is 24.6. The van der Waals surface area contributed by atoms with E-state index >= 15 is 0 Å². The van der Waals surface area contributed by atoms with Crippen molar-refractivity contribution in [2.75, 3.05) is 39.4 Å². The van der Waals surface area contributed by atoms with Crippen LogP contribution < -0.4 is 5.32 Å². The molecule has 0 radical (unpaired) electrons. The van der Waals surface area contributed by atoms with Gasteiger partial charge in [0, 0.05) is 57.4 Å². The predicted octanol–water partition coefficient (Wildman–Crippen LogP) is 4.44. The number of urea groups is 1. The molecule has 4 rings (SSSR count). The molecule has 36 heavy (non-hydrogen) atoms. The second-order valence-corrected chi connectivity index (χ2v) is 11.1. The molecule has 2 unspecified atom stereocenters. The fourth-order valence-corrected chi connectivity index (χ4v) is 5.15. The average Bonchev–Trinajstić information content (AvgIpc) is 3.25. The predicted molar refractivity (Wildman–Crippen MR) is 129 cm³/mol. The molecule has 1 N–H and O–H groups in total. The van der Waals surface area contributed by atoms with Gasteiger partial charge in [-0.05, 0) is 32.8 Å². The Labute approximate surface area is 211 Å². The summed E-state index contributed by atoms with van der Waals surface area (Å²) in [6.45, 7) is 9.19. The highest BCUT2D eigenvalue weighted by Gasteiger charge is 2.42. The number of alkyl carbamates (subject to hydrolysis) is 1. The first-order valence-electron chi connectivity index (χ1n) is 12.6. The van der Waals surface area contributed by atoms with E-state index in [0.717, 1.165) is 12.5 Å². The summed E-state index contributed by atoms with van der Waals surface area (Å²) < 4.78 is 44.4. The van der Waals surface area contributed by atoms with Crippen LogP contribution >= 0.6 is 0 Å². The molecule has 0 aliphatic carbocycles. The van der Waals surface area contributed by atoms with Crippen molar-refractivity contribution in [2.24, 2.45) is 0 Å². The Kier molecular flexibility index (Phi) is 7.48. The zero-order valence-corrected chi connectivity index (χ0v) is 21.5. The van der Waals surface area contributed by atoms with Gasteiger partial charge in [-0.1, -0.05) is 24.3 Å². The maximum atomic E-state index is 13.7. The highest BCUT2D eigenvalue weighted by molar-refractivity contribution is 5.75. The molecule has 3 heterocycles. The number of likely N-dealkylation sites (tertiary alicyclic amines) is 2. The lowest BCUT2D eigenvalue weighted by atomic mass is 9.87.